The molecule has 2 aromatic carbocycles. The lowest BCUT2D eigenvalue weighted by atomic mass is 9.70. The van der Waals surface area contributed by atoms with Crippen LogP contribution in [0.3, 0.4) is 0 Å². The minimum atomic E-state index is -0.255. The predicted molar refractivity (Wildman–Crippen MR) is 103 cm³/mol. The van der Waals surface area contributed by atoms with E-state index in [0.717, 1.165) is 43.2 Å². The van der Waals surface area contributed by atoms with Crippen LogP contribution in [0, 0.1) is 5.41 Å². The Hall–Kier alpha value is -1.55. The molecule has 26 heavy (non-hydrogen) atoms. The molecular formula is C21H20Cl2O3. The van der Waals surface area contributed by atoms with Gasteiger partial charge in [-0.3, -0.25) is 4.79 Å². The second-order valence-corrected chi connectivity index (χ2v) is 8.12. The average Bonchev–Trinajstić information content (AvgIpc) is 2.87. The first-order valence-electron chi connectivity index (χ1n) is 8.84. The van der Waals surface area contributed by atoms with Gasteiger partial charge >= 0.3 is 0 Å². The lowest BCUT2D eigenvalue weighted by Crippen LogP contribution is -2.35. The summed E-state index contributed by atoms with van der Waals surface area (Å²) in [6.45, 7) is 0. The van der Waals surface area contributed by atoms with Crippen molar-refractivity contribution in [1.82, 2.24) is 0 Å². The molecule has 2 aliphatic carbocycles. The van der Waals surface area contributed by atoms with E-state index in [1.807, 2.05) is 18.2 Å². The van der Waals surface area contributed by atoms with E-state index in [2.05, 4.69) is 0 Å². The van der Waals surface area contributed by atoms with Gasteiger partial charge in [-0.1, -0.05) is 29.3 Å². The predicted octanol–water partition coefficient (Wildman–Crippen LogP) is 6.10. The summed E-state index contributed by atoms with van der Waals surface area (Å²) in [5.41, 5.74) is 1.64. The molecule has 4 rings (SSSR count). The topological polar surface area (TPSA) is 35.5 Å². The highest BCUT2D eigenvalue weighted by Crippen LogP contribution is 2.48. The number of hydrogen-bond acceptors (Lipinski definition) is 3. The molecule has 1 fully saturated rings. The standard InChI is InChI=1S/C21H20Cl2O3/c1-25-16-4-6-21(7-5-16)12-13-2-3-17(11-19(13)20(21)24)26-18-9-14(22)8-15(23)10-18/h2-3,8-11,16H,4-7,12H2,1H3. The molecule has 0 saturated heterocycles. The van der Waals surface area contributed by atoms with E-state index >= 15 is 0 Å². The Balaban J connectivity index is 1.57. The largest absolute Gasteiger partial charge is 0.457 e. The van der Waals surface area contributed by atoms with Crippen LogP contribution >= 0.6 is 23.2 Å². The Labute approximate surface area is 163 Å². The van der Waals surface area contributed by atoms with Gasteiger partial charge in [0, 0.05) is 28.1 Å². The lowest BCUT2D eigenvalue weighted by molar-refractivity contribution is 0.0285. The van der Waals surface area contributed by atoms with Gasteiger partial charge in [0.15, 0.2) is 5.78 Å². The van der Waals surface area contributed by atoms with Gasteiger partial charge in [0.05, 0.1) is 6.10 Å². The number of carbonyl (C=O) groups is 1. The fourth-order valence-corrected chi connectivity index (χ4v) is 4.73. The number of carbonyl (C=O) groups excluding carboxylic acids is 1. The van der Waals surface area contributed by atoms with E-state index in [4.69, 9.17) is 32.7 Å². The molecule has 0 aromatic heterocycles. The normalized spacial score (nSPS) is 24.7. The van der Waals surface area contributed by atoms with E-state index in [-0.39, 0.29) is 17.3 Å². The van der Waals surface area contributed by atoms with E-state index < -0.39 is 0 Å². The minimum absolute atomic E-state index is 0.247. The van der Waals surface area contributed by atoms with Crippen molar-refractivity contribution in [2.45, 2.75) is 38.2 Å². The summed E-state index contributed by atoms with van der Waals surface area (Å²) >= 11 is 12.1. The second kappa shape index (κ2) is 6.88. The average molecular weight is 391 g/mol. The smallest absolute Gasteiger partial charge is 0.169 e. The summed E-state index contributed by atoms with van der Waals surface area (Å²) in [6.07, 6.45) is 4.77. The van der Waals surface area contributed by atoms with Crippen LogP contribution in [-0.4, -0.2) is 19.0 Å². The summed E-state index contributed by atoms with van der Waals surface area (Å²) in [7, 11) is 1.75. The summed E-state index contributed by atoms with van der Waals surface area (Å²) < 4.78 is 11.3. The molecule has 5 heteroatoms. The molecule has 1 spiro atoms. The number of halogens is 2. The first kappa shape index (κ1) is 17.8. The Morgan fingerprint density at radius 1 is 1.00 bits per heavy atom. The SMILES string of the molecule is COC1CCC2(CC1)Cc1ccc(Oc3cc(Cl)cc(Cl)c3)cc1C2=O. The van der Waals surface area contributed by atoms with E-state index in [1.165, 1.54) is 0 Å². The van der Waals surface area contributed by atoms with E-state index in [1.54, 1.807) is 25.3 Å². The number of ketones is 1. The molecule has 2 aliphatic rings. The monoisotopic (exact) mass is 390 g/mol. The van der Waals surface area contributed by atoms with Crippen molar-refractivity contribution in [1.29, 1.82) is 0 Å². The van der Waals surface area contributed by atoms with Crippen LogP contribution < -0.4 is 4.74 Å². The highest BCUT2D eigenvalue weighted by atomic mass is 35.5. The molecule has 1 saturated carbocycles. The van der Waals surface area contributed by atoms with Crippen LogP contribution in [0.1, 0.15) is 41.6 Å². The van der Waals surface area contributed by atoms with Gasteiger partial charge in [-0.15, -0.1) is 0 Å². The van der Waals surface area contributed by atoms with Crippen molar-refractivity contribution in [3.05, 3.63) is 57.6 Å². The number of methoxy groups -OCH3 is 1. The minimum Gasteiger partial charge on any atom is -0.457 e. The van der Waals surface area contributed by atoms with Crippen LogP contribution in [0.5, 0.6) is 11.5 Å². The van der Waals surface area contributed by atoms with Crippen molar-refractivity contribution in [2.24, 2.45) is 5.41 Å². The first-order chi connectivity index (χ1) is 12.5. The van der Waals surface area contributed by atoms with Gasteiger partial charge < -0.3 is 9.47 Å². The molecule has 136 valence electrons. The Kier molecular flexibility index (Phi) is 4.72. The zero-order chi connectivity index (χ0) is 18.3. The lowest BCUT2D eigenvalue weighted by Gasteiger charge is -2.35. The van der Waals surface area contributed by atoms with Crippen LogP contribution in [-0.2, 0) is 11.2 Å². The van der Waals surface area contributed by atoms with Gasteiger partial charge in [-0.25, -0.2) is 0 Å². The van der Waals surface area contributed by atoms with E-state index in [0.29, 0.717) is 21.5 Å². The van der Waals surface area contributed by atoms with Gasteiger partial charge in [0.1, 0.15) is 11.5 Å². The molecule has 0 aliphatic heterocycles. The zero-order valence-corrected chi connectivity index (χ0v) is 16.1. The maximum Gasteiger partial charge on any atom is 0.169 e. The van der Waals surface area contributed by atoms with Crippen LogP contribution in [0.25, 0.3) is 0 Å². The van der Waals surface area contributed by atoms with Gasteiger partial charge in [0.25, 0.3) is 0 Å². The van der Waals surface area contributed by atoms with Crippen molar-refractivity contribution in [3.63, 3.8) is 0 Å². The maximum absolute atomic E-state index is 13.1. The highest BCUT2D eigenvalue weighted by molar-refractivity contribution is 6.34. The van der Waals surface area contributed by atoms with Crippen molar-refractivity contribution in [3.8, 4) is 11.5 Å². The third kappa shape index (κ3) is 3.24. The molecule has 0 amide bonds. The quantitative estimate of drug-likeness (QED) is 0.634. The molecule has 0 unspecified atom stereocenters. The molecule has 0 atom stereocenters. The van der Waals surface area contributed by atoms with Crippen molar-refractivity contribution < 1.29 is 14.3 Å². The van der Waals surface area contributed by atoms with Crippen molar-refractivity contribution in [2.75, 3.05) is 7.11 Å². The number of ether oxygens (including phenoxy) is 2. The Morgan fingerprint density at radius 2 is 1.69 bits per heavy atom. The van der Waals surface area contributed by atoms with Gasteiger partial charge in [-0.2, -0.15) is 0 Å². The summed E-state index contributed by atoms with van der Waals surface area (Å²) in [5.74, 6) is 1.43. The molecular weight excluding hydrogens is 371 g/mol. The number of fused-ring (bicyclic) bond motifs is 1. The molecule has 2 aromatic rings. The summed E-state index contributed by atoms with van der Waals surface area (Å²) in [4.78, 5) is 13.1. The Morgan fingerprint density at radius 3 is 2.35 bits per heavy atom. The second-order valence-electron chi connectivity index (χ2n) is 7.25. The third-order valence-corrected chi connectivity index (χ3v) is 6.07. The maximum atomic E-state index is 13.1. The number of benzene rings is 2. The number of Topliss-reactive ketones (excluding diaryl/α,β-unsaturated/α-hetero) is 1. The highest BCUT2D eigenvalue weighted by Gasteiger charge is 2.47. The zero-order valence-electron chi connectivity index (χ0n) is 14.6. The van der Waals surface area contributed by atoms with Crippen molar-refractivity contribution >= 4 is 29.0 Å². The van der Waals surface area contributed by atoms with Gasteiger partial charge in [0.2, 0.25) is 0 Å². The van der Waals surface area contributed by atoms with Crippen LogP contribution in [0.15, 0.2) is 36.4 Å². The molecule has 0 radical (unpaired) electrons. The summed E-state index contributed by atoms with van der Waals surface area (Å²) in [6, 6.07) is 10.8. The number of rotatable bonds is 3. The van der Waals surface area contributed by atoms with Crippen LogP contribution in [0.2, 0.25) is 10.0 Å². The van der Waals surface area contributed by atoms with Gasteiger partial charge in [-0.05, 0) is 68.0 Å². The Bertz CT molecular complexity index is 834. The first-order valence-corrected chi connectivity index (χ1v) is 9.59. The number of hydrogen-bond donors (Lipinski definition) is 0. The fourth-order valence-electron chi connectivity index (χ4n) is 4.22. The summed E-state index contributed by atoms with van der Waals surface area (Å²) in [5, 5.41) is 1.03. The molecule has 0 N–H and O–H groups in total. The van der Waals surface area contributed by atoms with Crippen LogP contribution in [0.4, 0.5) is 0 Å². The fraction of sp³-hybridized carbons (Fsp3) is 0.381. The molecule has 3 nitrogen and oxygen atoms in total. The molecule has 0 bridgehead atoms. The third-order valence-electron chi connectivity index (χ3n) is 5.63. The molecule has 0 heterocycles. The van der Waals surface area contributed by atoms with E-state index in [9.17, 15) is 4.79 Å².